The summed E-state index contributed by atoms with van der Waals surface area (Å²) in [5.74, 6) is 1.64. The Morgan fingerprint density at radius 3 is 2.11 bits per heavy atom. The minimum absolute atomic E-state index is 0.00967. The number of nitrogens with one attached hydrogen (secondary N) is 2. The Hall–Kier alpha value is -3.68. The molecule has 10 nitrogen and oxygen atoms in total. The van der Waals surface area contributed by atoms with Crippen molar-refractivity contribution < 1.29 is 39.3 Å². The molecule has 0 spiro atoms. The predicted molar refractivity (Wildman–Crippen MR) is 177 cm³/mol. The Labute approximate surface area is 274 Å². The number of hydrogen-bond acceptors (Lipinski definition) is 7. The van der Waals surface area contributed by atoms with Crippen LogP contribution in [0.25, 0.3) is 0 Å². The van der Waals surface area contributed by atoms with Crippen molar-refractivity contribution in [1.82, 2.24) is 10.8 Å². The van der Waals surface area contributed by atoms with Gasteiger partial charge in [-0.2, -0.15) is 0 Å². The molecule has 46 heavy (non-hydrogen) atoms. The lowest BCUT2D eigenvalue weighted by atomic mass is 9.82. The number of unbranched alkanes of at least 4 members (excludes halogenated alkanes) is 8. The standard InChI is InChI=1S/C36H54N2O8/c1-4-7-9-12-15-18-29(39)19-16-13-10-11-14-17-20-31(36(44,25-6-3)35(42)43)33(40)37-32(34(41)38-45)27-28-21-23-30(24-22-28)46-26-8-5-2/h17,20-24,31-32,44-45H,4,6-7,9-16,18-19,25-27H2,1-3H3,(H,37,40)(H,38,41)(H,42,43)/t31-,32+,36+/m1/s1. The van der Waals surface area contributed by atoms with Crippen LogP contribution in [0.1, 0.15) is 116 Å². The van der Waals surface area contributed by atoms with E-state index in [-0.39, 0.29) is 19.4 Å². The largest absolute Gasteiger partial charge is 0.481 e. The van der Waals surface area contributed by atoms with Crippen molar-refractivity contribution in [3.05, 3.63) is 42.0 Å². The van der Waals surface area contributed by atoms with E-state index in [4.69, 9.17) is 4.74 Å². The minimum atomic E-state index is -2.40. The van der Waals surface area contributed by atoms with E-state index in [9.17, 15) is 34.6 Å². The third-order valence-electron chi connectivity index (χ3n) is 7.86. The molecule has 0 aliphatic heterocycles. The quantitative estimate of drug-likeness (QED) is 0.0299. The van der Waals surface area contributed by atoms with Crippen molar-refractivity contribution in [2.75, 3.05) is 6.61 Å². The summed E-state index contributed by atoms with van der Waals surface area (Å²) in [4.78, 5) is 50.3. The first-order valence-corrected chi connectivity index (χ1v) is 16.6. The molecule has 3 atom stereocenters. The van der Waals surface area contributed by atoms with Crippen LogP contribution in [0.3, 0.4) is 0 Å². The number of aliphatic hydroxyl groups is 1. The first kappa shape index (κ1) is 40.3. The van der Waals surface area contributed by atoms with E-state index >= 15 is 0 Å². The lowest BCUT2D eigenvalue weighted by molar-refractivity contribution is -0.167. The molecule has 0 aliphatic rings. The van der Waals surface area contributed by atoms with Crippen molar-refractivity contribution >= 4 is 23.6 Å². The maximum atomic E-state index is 13.5. The lowest BCUT2D eigenvalue weighted by Gasteiger charge is -2.30. The number of allylic oxidation sites excluding steroid dienone is 1. The maximum absolute atomic E-state index is 13.5. The Bertz CT molecular complexity index is 1150. The van der Waals surface area contributed by atoms with Crippen LogP contribution in [0.2, 0.25) is 0 Å². The van der Waals surface area contributed by atoms with E-state index in [0.717, 1.165) is 38.5 Å². The van der Waals surface area contributed by atoms with Gasteiger partial charge in [0.2, 0.25) is 5.91 Å². The zero-order valence-corrected chi connectivity index (χ0v) is 27.8. The van der Waals surface area contributed by atoms with Crippen LogP contribution in [-0.4, -0.2) is 57.2 Å². The fourth-order valence-corrected chi connectivity index (χ4v) is 5.16. The third-order valence-corrected chi connectivity index (χ3v) is 7.86. The summed E-state index contributed by atoms with van der Waals surface area (Å²) in [6.45, 7) is 5.80. The first-order chi connectivity index (χ1) is 22.1. The normalized spacial score (nSPS) is 13.6. The molecule has 0 saturated heterocycles. The summed E-state index contributed by atoms with van der Waals surface area (Å²) in [7, 11) is 0. The van der Waals surface area contributed by atoms with Crippen molar-refractivity contribution in [2.45, 2.75) is 129 Å². The molecule has 256 valence electrons. The zero-order valence-electron chi connectivity index (χ0n) is 27.8. The number of Topliss-reactive ketones (excluding diaryl/α,β-unsaturated/α-hetero) is 1. The summed E-state index contributed by atoms with van der Waals surface area (Å²) in [6, 6.07) is 5.53. The summed E-state index contributed by atoms with van der Waals surface area (Å²) in [5, 5.41) is 32.9. The number of hydroxylamine groups is 1. The van der Waals surface area contributed by atoms with Crippen molar-refractivity contribution in [3.8, 4) is 17.6 Å². The highest BCUT2D eigenvalue weighted by Gasteiger charge is 2.46. The molecule has 1 aromatic rings. The van der Waals surface area contributed by atoms with Crippen molar-refractivity contribution in [1.29, 1.82) is 0 Å². The predicted octanol–water partition coefficient (Wildman–Crippen LogP) is 5.68. The maximum Gasteiger partial charge on any atom is 0.336 e. The van der Waals surface area contributed by atoms with Gasteiger partial charge in [0.25, 0.3) is 5.91 Å². The molecule has 0 aromatic heterocycles. The fourth-order valence-electron chi connectivity index (χ4n) is 5.16. The van der Waals surface area contributed by atoms with Gasteiger partial charge in [-0.15, -0.1) is 5.92 Å². The number of carbonyl (C=O) groups is 4. The van der Waals surface area contributed by atoms with Crippen LogP contribution in [0.15, 0.2) is 36.4 Å². The van der Waals surface area contributed by atoms with E-state index in [1.165, 1.54) is 25.3 Å². The van der Waals surface area contributed by atoms with Gasteiger partial charge in [0.1, 0.15) is 24.2 Å². The van der Waals surface area contributed by atoms with Gasteiger partial charge in [-0.05, 0) is 56.7 Å². The number of hydrogen-bond donors (Lipinski definition) is 5. The second kappa shape index (κ2) is 23.6. The number of ketones is 1. The molecule has 0 fully saturated rings. The molecule has 5 N–H and O–H groups in total. The van der Waals surface area contributed by atoms with Crippen LogP contribution < -0.4 is 15.5 Å². The van der Waals surface area contributed by atoms with Gasteiger partial charge in [-0.25, -0.2) is 10.3 Å². The lowest BCUT2D eigenvalue weighted by Crippen LogP contribution is -2.55. The third kappa shape index (κ3) is 15.5. The van der Waals surface area contributed by atoms with Gasteiger partial charge in [-0.1, -0.05) is 89.0 Å². The molecule has 0 unspecified atom stereocenters. The van der Waals surface area contributed by atoms with Crippen LogP contribution in [0.4, 0.5) is 0 Å². The number of carbonyl (C=O) groups excluding carboxylic acids is 3. The number of rotatable bonds is 25. The Morgan fingerprint density at radius 1 is 0.913 bits per heavy atom. The molecular formula is C36H54N2O8. The monoisotopic (exact) mass is 642 g/mol. The zero-order chi connectivity index (χ0) is 34.2. The average molecular weight is 643 g/mol. The van der Waals surface area contributed by atoms with E-state index in [1.54, 1.807) is 49.7 Å². The Balaban J connectivity index is 2.82. The number of carboxylic acids is 1. The van der Waals surface area contributed by atoms with Gasteiger partial charge in [0.15, 0.2) is 5.60 Å². The summed E-state index contributed by atoms with van der Waals surface area (Å²) in [6.07, 6.45) is 14.0. The molecular weight excluding hydrogens is 588 g/mol. The Kier molecular flexibility index (Phi) is 20.7. The molecule has 0 aliphatic carbocycles. The SMILES string of the molecule is CC#CCOc1ccc(C[C@H](NC(=O)[C@@H](C=CCCCCCCC(=O)CCCCCCC)[C@@](O)(CCC)C(=O)O)C(=O)NO)cc1. The Morgan fingerprint density at radius 2 is 1.54 bits per heavy atom. The number of aliphatic carboxylic acids is 1. The van der Waals surface area contributed by atoms with Crippen LogP contribution in [0.5, 0.6) is 5.75 Å². The van der Waals surface area contributed by atoms with Gasteiger partial charge in [0.05, 0.1) is 5.92 Å². The molecule has 0 heterocycles. The highest BCUT2D eigenvalue weighted by molar-refractivity contribution is 5.93. The smallest absolute Gasteiger partial charge is 0.336 e. The van der Waals surface area contributed by atoms with Gasteiger partial charge < -0.3 is 20.3 Å². The van der Waals surface area contributed by atoms with Gasteiger partial charge in [0, 0.05) is 19.3 Å². The topological polar surface area (TPSA) is 162 Å². The highest BCUT2D eigenvalue weighted by atomic mass is 16.5. The van der Waals surface area contributed by atoms with E-state index < -0.39 is 35.3 Å². The average Bonchev–Trinajstić information content (AvgIpc) is 3.04. The summed E-state index contributed by atoms with van der Waals surface area (Å²) < 4.78 is 5.49. The number of benzene rings is 1. The van der Waals surface area contributed by atoms with Crippen LogP contribution >= 0.6 is 0 Å². The van der Waals surface area contributed by atoms with Crippen LogP contribution in [-0.2, 0) is 25.6 Å². The van der Waals surface area contributed by atoms with E-state index in [1.807, 2.05) is 0 Å². The first-order valence-electron chi connectivity index (χ1n) is 16.6. The second-order valence-corrected chi connectivity index (χ2v) is 11.6. The fraction of sp³-hybridized carbons (Fsp3) is 0.611. The van der Waals surface area contributed by atoms with E-state index in [0.29, 0.717) is 42.8 Å². The number of amides is 2. The molecule has 10 heteroatoms. The molecule has 2 amide bonds. The van der Waals surface area contributed by atoms with Crippen molar-refractivity contribution in [2.24, 2.45) is 5.92 Å². The number of carboxylic acid groups (broad SMARTS) is 1. The molecule has 1 rings (SSSR count). The highest BCUT2D eigenvalue weighted by Crippen LogP contribution is 2.27. The summed E-state index contributed by atoms with van der Waals surface area (Å²) in [5.41, 5.74) is -0.201. The van der Waals surface area contributed by atoms with Crippen molar-refractivity contribution in [3.63, 3.8) is 0 Å². The molecule has 0 bridgehead atoms. The summed E-state index contributed by atoms with van der Waals surface area (Å²) >= 11 is 0. The van der Waals surface area contributed by atoms with E-state index in [2.05, 4.69) is 24.1 Å². The molecule has 0 saturated carbocycles. The van der Waals surface area contributed by atoms with Crippen LogP contribution in [0, 0.1) is 17.8 Å². The molecule has 1 aromatic carbocycles. The minimum Gasteiger partial charge on any atom is -0.481 e. The number of ether oxygens (including phenoxy) is 1. The second-order valence-electron chi connectivity index (χ2n) is 11.6. The van der Waals surface area contributed by atoms with Gasteiger partial charge >= 0.3 is 5.97 Å². The molecule has 0 radical (unpaired) electrons. The van der Waals surface area contributed by atoms with Gasteiger partial charge in [-0.3, -0.25) is 19.6 Å².